The van der Waals surface area contributed by atoms with E-state index < -0.39 is 27.8 Å². The minimum atomic E-state index is -3.90. The fourth-order valence-electron chi connectivity index (χ4n) is 2.04. The Labute approximate surface area is 141 Å². The van der Waals surface area contributed by atoms with Gasteiger partial charge in [-0.1, -0.05) is 19.1 Å². The molecular formula is C17H19FN2O3S. The molecule has 2 N–H and O–H groups in total. The number of aryl methyl sites for hydroxylation is 1. The average molecular weight is 350 g/mol. The number of carbonyl (C=O) groups excluding carboxylic acids is 1. The lowest BCUT2D eigenvalue weighted by atomic mass is 10.1. The predicted molar refractivity (Wildman–Crippen MR) is 90.6 cm³/mol. The summed E-state index contributed by atoms with van der Waals surface area (Å²) in [7, 11) is -3.90. The Bertz CT molecular complexity index is 803. The molecule has 0 saturated carbocycles. The number of anilines is 1. The molecule has 7 heteroatoms. The molecule has 2 aromatic rings. The third kappa shape index (κ3) is 4.62. The van der Waals surface area contributed by atoms with Gasteiger partial charge in [0.25, 0.3) is 0 Å². The van der Waals surface area contributed by atoms with Crippen LogP contribution in [0.4, 0.5) is 10.1 Å². The number of hydrogen-bond donors (Lipinski definition) is 2. The molecule has 1 atom stereocenters. The molecule has 2 aromatic carbocycles. The van der Waals surface area contributed by atoms with Crippen molar-refractivity contribution in [2.24, 2.45) is 0 Å². The Hall–Kier alpha value is -2.25. The van der Waals surface area contributed by atoms with Crippen molar-refractivity contribution in [1.82, 2.24) is 4.72 Å². The summed E-state index contributed by atoms with van der Waals surface area (Å²) in [5, 5.41) is 2.65. The summed E-state index contributed by atoms with van der Waals surface area (Å²) in [4.78, 5) is 12.0. The molecule has 128 valence electrons. The van der Waals surface area contributed by atoms with Crippen molar-refractivity contribution < 1.29 is 17.6 Å². The first-order valence-electron chi connectivity index (χ1n) is 7.49. The topological polar surface area (TPSA) is 75.3 Å². The fraction of sp³-hybridized carbons (Fsp3) is 0.235. The normalized spacial score (nSPS) is 12.6. The molecule has 1 amide bonds. The van der Waals surface area contributed by atoms with Gasteiger partial charge in [-0.05, 0) is 55.3 Å². The Morgan fingerprint density at radius 2 is 1.67 bits per heavy atom. The highest BCUT2D eigenvalue weighted by Crippen LogP contribution is 2.12. The van der Waals surface area contributed by atoms with E-state index in [1.165, 1.54) is 6.92 Å². The van der Waals surface area contributed by atoms with E-state index in [2.05, 4.69) is 10.0 Å². The second-order valence-corrected chi connectivity index (χ2v) is 7.05. The van der Waals surface area contributed by atoms with Gasteiger partial charge in [-0.15, -0.1) is 0 Å². The van der Waals surface area contributed by atoms with Gasteiger partial charge < -0.3 is 5.32 Å². The number of benzene rings is 2. The molecule has 0 fully saturated rings. The van der Waals surface area contributed by atoms with Gasteiger partial charge in [0.2, 0.25) is 15.9 Å². The van der Waals surface area contributed by atoms with Crippen LogP contribution in [0, 0.1) is 5.82 Å². The summed E-state index contributed by atoms with van der Waals surface area (Å²) in [6.45, 7) is 3.47. The van der Waals surface area contributed by atoms with Crippen molar-refractivity contribution in [3.8, 4) is 0 Å². The van der Waals surface area contributed by atoms with Crippen molar-refractivity contribution in [1.29, 1.82) is 0 Å². The molecule has 5 nitrogen and oxygen atoms in total. The van der Waals surface area contributed by atoms with Crippen LogP contribution in [0.25, 0.3) is 0 Å². The summed E-state index contributed by atoms with van der Waals surface area (Å²) in [5.74, 6) is -1.01. The quantitative estimate of drug-likeness (QED) is 0.841. The minimum absolute atomic E-state index is 0.101. The van der Waals surface area contributed by atoms with Gasteiger partial charge in [-0.25, -0.2) is 12.8 Å². The van der Waals surface area contributed by atoms with Crippen LogP contribution in [0.5, 0.6) is 0 Å². The van der Waals surface area contributed by atoms with Gasteiger partial charge >= 0.3 is 0 Å². The first-order valence-corrected chi connectivity index (χ1v) is 8.98. The molecule has 0 spiro atoms. The summed E-state index contributed by atoms with van der Waals surface area (Å²) >= 11 is 0. The molecule has 1 unspecified atom stereocenters. The number of hydrogen-bond acceptors (Lipinski definition) is 3. The summed E-state index contributed by atoms with van der Waals surface area (Å²) in [6, 6.07) is 10.7. The number of halogens is 1. The molecule has 0 aliphatic heterocycles. The lowest BCUT2D eigenvalue weighted by Crippen LogP contribution is -2.41. The van der Waals surface area contributed by atoms with Crippen LogP contribution in [0.3, 0.4) is 0 Å². The lowest BCUT2D eigenvalue weighted by molar-refractivity contribution is -0.117. The fourth-order valence-corrected chi connectivity index (χ4v) is 3.25. The number of amides is 1. The molecule has 0 aromatic heterocycles. The van der Waals surface area contributed by atoms with E-state index in [1.807, 2.05) is 19.1 Å². The third-order valence-corrected chi connectivity index (χ3v) is 5.04. The minimum Gasteiger partial charge on any atom is -0.325 e. The van der Waals surface area contributed by atoms with Gasteiger partial charge in [0.1, 0.15) is 5.82 Å². The third-order valence-electron chi connectivity index (χ3n) is 3.48. The van der Waals surface area contributed by atoms with Crippen molar-refractivity contribution in [3.63, 3.8) is 0 Å². The second kappa shape index (κ2) is 7.55. The number of sulfonamides is 1. The van der Waals surface area contributed by atoms with Gasteiger partial charge in [0.15, 0.2) is 0 Å². The molecule has 0 aliphatic rings. The molecule has 0 bridgehead atoms. The molecule has 0 heterocycles. The van der Waals surface area contributed by atoms with E-state index in [-0.39, 0.29) is 4.90 Å². The van der Waals surface area contributed by atoms with Crippen LogP contribution in [0.15, 0.2) is 53.4 Å². The first kappa shape index (κ1) is 18.1. The van der Waals surface area contributed by atoms with Crippen LogP contribution in [0.1, 0.15) is 19.4 Å². The van der Waals surface area contributed by atoms with Gasteiger partial charge in [0, 0.05) is 5.69 Å². The molecule has 0 radical (unpaired) electrons. The lowest BCUT2D eigenvalue weighted by Gasteiger charge is -2.14. The average Bonchev–Trinajstić information content (AvgIpc) is 2.55. The summed E-state index contributed by atoms with van der Waals surface area (Å²) < 4.78 is 39.5. The largest absolute Gasteiger partial charge is 0.325 e. The Kier molecular flexibility index (Phi) is 5.69. The maximum absolute atomic E-state index is 12.9. The predicted octanol–water partition coefficient (Wildman–Crippen LogP) is 2.69. The van der Waals surface area contributed by atoms with Crippen LogP contribution in [-0.4, -0.2) is 20.4 Å². The molecular weight excluding hydrogens is 331 g/mol. The maximum Gasteiger partial charge on any atom is 0.242 e. The van der Waals surface area contributed by atoms with E-state index >= 15 is 0 Å². The van der Waals surface area contributed by atoms with Crippen molar-refractivity contribution >= 4 is 21.6 Å². The van der Waals surface area contributed by atoms with Crippen LogP contribution < -0.4 is 10.0 Å². The van der Waals surface area contributed by atoms with Crippen molar-refractivity contribution in [3.05, 3.63) is 59.9 Å². The Morgan fingerprint density at radius 1 is 1.08 bits per heavy atom. The Balaban J connectivity index is 2.03. The van der Waals surface area contributed by atoms with E-state index in [0.717, 1.165) is 36.2 Å². The summed E-state index contributed by atoms with van der Waals surface area (Å²) in [5.41, 5.74) is 1.73. The van der Waals surface area contributed by atoms with E-state index in [9.17, 15) is 17.6 Å². The maximum atomic E-state index is 12.9. The number of rotatable bonds is 6. The first-order chi connectivity index (χ1) is 11.3. The van der Waals surface area contributed by atoms with Crippen LogP contribution in [0.2, 0.25) is 0 Å². The zero-order chi connectivity index (χ0) is 17.7. The van der Waals surface area contributed by atoms with Gasteiger partial charge in [-0.2, -0.15) is 4.72 Å². The molecule has 24 heavy (non-hydrogen) atoms. The Morgan fingerprint density at radius 3 is 2.21 bits per heavy atom. The monoisotopic (exact) mass is 350 g/mol. The highest BCUT2D eigenvalue weighted by molar-refractivity contribution is 7.89. The molecule has 2 rings (SSSR count). The highest BCUT2D eigenvalue weighted by Gasteiger charge is 2.22. The van der Waals surface area contributed by atoms with E-state index in [1.54, 1.807) is 12.1 Å². The standard InChI is InChI=1S/C17H19FN2O3S/c1-3-13-4-8-15(9-5-13)19-17(21)12(2)20-24(22,23)16-10-6-14(18)7-11-16/h4-12,20H,3H2,1-2H3,(H,19,21). The second-order valence-electron chi connectivity index (χ2n) is 5.34. The smallest absolute Gasteiger partial charge is 0.242 e. The van der Waals surface area contributed by atoms with Crippen LogP contribution >= 0.6 is 0 Å². The zero-order valence-corrected chi connectivity index (χ0v) is 14.2. The SMILES string of the molecule is CCc1ccc(NC(=O)C(C)NS(=O)(=O)c2ccc(F)cc2)cc1. The summed E-state index contributed by atoms with van der Waals surface area (Å²) in [6.07, 6.45) is 0.891. The van der Waals surface area contributed by atoms with Crippen molar-refractivity contribution in [2.45, 2.75) is 31.2 Å². The zero-order valence-electron chi connectivity index (χ0n) is 13.4. The molecule has 0 saturated heterocycles. The van der Waals surface area contributed by atoms with E-state index in [0.29, 0.717) is 5.69 Å². The molecule has 0 aliphatic carbocycles. The highest BCUT2D eigenvalue weighted by atomic mass is 32.2. The van der Waals surface area contributed by atoms with Crippen LogP contribution in [-0.2, 0) is 21.2 Å². The van der Waals surface area contributed by atoms with Gasteiger partial charge in [-0.3, -0.25) is 4.79 Å². The van der Waals surface area contributed by atoms with E-state index in [4.69, 9.17) is 0 Å². The number of carbonyl (C=O) groups is 1. The number of nitrogens with one attached hydrogen (secondary N) is 2. The van der Waals surface area contributed by atoms with Gasteiger partial charge in [0.05, 0.1) is 10.9 Å². The van der Waals surface area contributed by atoms with Crippen molar-refractivity contribution in [2.75, 3.05) is 5.32 Å².